The molecule has 0 saturated heterocycles. The second kappa shape index (κ2) is 6.32. The monoisotopic (exact) mass is 248 g/mol. The van der Waals surface area contributed by atoms with Crippen molar-refractivity contribution in [1.82, 2.24) is 10.2 Å². The van der Waals surface area contributed by atoms with Crippen LogP contribution >= 0.6 is 0 Å². The predicted molar refractivity (Wildman–Crippen MR) is 74.7 cm³/mol. The van der Waals surface area contributed by atoms with Crippen LogP contribution in [0.25, 0.3) is 0 Å². The molecule has 3 heteroatoms. The molecule has 1 aliphatic heterocycles. The van der Waals surface area contributed by atoms with Gasteiger partial charge in [-0.1, -0.05) is 24.3 Å². The molecule has 1 N–H and O–H groups in total. The third-order valence-electron chi connectivity index (χ3n) is 3.80. The first-order valence-electron chi connectivity index (χ1n) is 6.72. The Bertz CT molecular complexity index is 381. The molecular formula is C15H24N2O. The summed E-state index contributed by atoms with van der Waals surface area (Å²) in [5.74, 6) is 0. The fourth-order valence-electron chi connectivity index (χ4n) is 2.70. The highest BCUT2D eigenvalue weighted by atomic mass is 16.5. The molecule has 0 saturated carbocycles. The molecule has 0 aliphatic carbocycles. The van der Waals surface area contributed by atoms with E-state index in [9.17, 15) is 0 Å². The minimum atomic E-state index is 0.287. The maximum Gasteiger partial charge on any atom is 0.0670 e. The van der Waals surface area contributed by atoms with Crippen LogP contribution in [0.5, 0.6) is 0 Å². The standard InChI is InChI=1S/C15H24N2O/c1-12(18-3)10-17-11-14-7-5-4-6-13(14)8-15(17)9-16-2/h4-7,12,15-16H,8-11H2,1-3H3. The van der Waals surface area contributed by atoms with E-state index in [0.717, 1.165) is 26.1 Å². The number of ether oxygens (including phenoxy) is 1. The number of rotatable bonds is 5. The molecule has 0 bridgehead atoms. The van der Waals surface area contributed by atoms with E-state index in [4.69, 9.17) is 4.74 Å². The van der Waals surface area contributed by atoms with E-state index in [2.05, 4.69) is 41.4 Å². The van der Waals surface area contributed by atoms with Crippen molar-refractivity contribution in [1.29, 1.82) is 0 Å². The molecule has 0 spiro atoms. The number of nitrogens with zero attached hydrogens (tertiary/aromatic N) is 1. The summed E-state index contributed by atoms with van der Waals surface area (Å²) in [5, 5.41) is 3.31. The van der Waals surface area contributed by atoms with Crippen molar-refractivity contribution >= 4 is 0 Å². The van der Waals surface area contributed by atoms with Gasteiger partial charge in [0.05, 0.1) is 6.10 Å². The quantitative estimate of drug-likeness (QED) is 0.858. The largest absolute Gasteiger partial charge is 0.380 e. The van der Waals surface area contributed by atoms with E-state index in [1.807, 2.05) is 7.05 Å². The van der Waals surface area contributed by atoms with Gasteiger partial charge in [0.2, 0.25) is 0 Å². The van der Waals surface area contributed by atoms with Gasteiger partial charge in [0.15, 0.2) is 0 Å². The lowest BCUT2D eigenvalue weighted by Crippen LogP contribution is -2.48. The van der Waals surface area contributed by atoms with E-state index < -0.39 is 0 Å². The Labute approximate surface area is 110 Å². The number of benzene rings is 1. The van der Waals surface area contributed by atoms with Crippen LogP contribution in [0.15, 0.2) is 24.3 Å². The first-order chi connectivity index (χ1) is 8.74. The van der Waals surface area contributed by atoms with E-state index >= 15 is 0 Å². The second-order valence-corrected chi connectivity index (χ2v) is 5.16. The van der Waals surface area contributed by atoms with Crippen LogP contribution in [-0.2, 0) is 17.7 Å². The number of methoxy groups -OCH3 is 1. The Morgan fingerprint density at radius 1 is 1.39 bits per heavy atom. The molecule has 18 heavy (non-hydrogen) atoms. The lowest BCUT2D eigenvalue weighted by molar-refractivity contribution is 0.0517. The lowest BCUT2D eigenvalue weighted by Gasteiger charge is -2.38. The molecule has 1 heterocycles. The summed E-state index contributed by atoms with van der Waals surface area (Å²) in [6, 6.07) is 9.35. The topological polar surface area (TPSA) is 24.5 Å². The average molecular weight is 248 g/mol. The van der Waals surface area contributed by atoms with Crippen LogP contribution in [0.3, 0.4) is 0 Å². The number of likely N-dealkylation sites (N-methyl/N-ethyl adjacent to an activating group) is 1. The Morgan fingerprint density at radius 3 is 2.78 bits per heavy atom. The minimum Gasteiger partial charge on any atom is -0.380 e. The highest BCUT2D eigenvalue weighted by Gasteiger charge is 2.26. The summed E-state index contributed by atoms with van der Waals surface area (Å²) in [4.78, 5) is 2.53. The summed E-state index contributed by atoms with van der Waals surface area (Å²) in [6.45, 7) is 5.20. The lowest BCUT2D eigenvalue weighted by atomic mass is 9.93. The SMILES string of the molecule is CNCC1Cc2ccccc2CN1CC(C)OC. The summed E-state index contributed by atoms with van der Waals surface area (Å²) in [6.07, 6.45) is 1.42. The van der Waals surface area contributed by atoms with Gasteiger partial charge in [-0.3, -0.25) is 4.90 Å². The zero-order valence-electron chi connectivity index (χ0n) is 11.6. The van der Waals surface area contributed by atoms with Gasteiger partial charge in [0, 0.05) is 32.8 Å². The highest BCUT2D eigenvalue weighted by molar-refractivity contribution is 5.30. The summed E-state index contributed by atoms with van der Waals surface area (Å²) in [7, 11) is 3.81. The van der Waals surface area contributed by atoms with Crippen molar-refractivity contribution in [2.75, 3.05) is 27.2 Å². The van der Waals surface area contributed by atoms with Crippen LogP contribution in [0.2, 0.25) is 0 Å². The normalized spacial score (nSPS) is 21.6. The summed E-state index contributed by atoms with van der Waals surface area (Å²) < 4.78 is 5.41. The smallest absolute Gasteiger partial charge is 0.0670 e. The van der Waals surface area contributed by atoms with E-state index in [-0.39, 0.29) is 6.10 Å². The molecule has 0 radical (unpaired) electrons. The maximum atomic E-state index is 5.41. The van der Waals surface area contributed by atoms with Gasteiger partial charge in [-0.25, -0.2) is 0 Å². The number of nitrogens with one attached hydrogen (secondary N) is 1. The number of fused-ring (bicyclic) bond motifs is 1. The van der Waals surface area contributed by atoms with Gasteiger partial charge in [0.25, 0.3) is 0 Å². The predicted octanol–water partition coefficient (Wildman–Crippen LogP) is 1.67. The van der Waals surface area contributed by atoms with Crippen LogP contribution in [0.4, 0.5) is 0 Å². The Morgan fingerprint density at radius 2 is 2.11 bits per heavy atom. The van der Waals surface area contributed by atoms with Crippen molar-refractivity contribution in [3.63, 3.8) is 0 Å². The molecule has 2 atom stereocenters. The minimum absolute atomic E-state index is 0.287. The zero-order chi connectivity index (χ0) is 13.0. The molecule has 1 aromatic carbocycles. The van der Waals surface area contributed by atoms with Crippen molar-refractivity contribution < 1.29 is 4.74 Å². The van der Waals surface area contributed by atoms with Gasteiger partial charge in [0.1, 0.15) is 0 Å². The third kappa shape index (κ3) is 3.10. The Balaban J connectivity index is 2.12. The van der Waals surface area contributed by atoms with Gasteiger partial charge in [-0.05, 0) is 31.5 Å². The van der Waals surface area contributed by atoms with Crippen LogP contribution < -0.4 is 5.32 Å². The van der Waals surface area contributed by atoms with Crippen molar-refractivity contribution in [3.05, 3.63) is 35.4 Å². The molecule has 0 aromatic heterocycles. The molecule has 100 valence electrons. The van der Waals surface area contributed by atoms with Crippen LogP contribution in [0, 0.1) is 0 Å². The fourth-order valence-corrected chi connectivity index (χ4v) is 2.70. The zero-order valence-corrected chi connectivity index (χ0v) is 11.6. The van der Waals surface area contributed by atoms with Crippen molar-refractivity contribution in [2.45, 2.75) is 32.0 Å². The highest BCUT2D eigenvalue weighted by Crippen LogP contribution is 2.23. The van der Waals surface area contributed by atoms with E-state index in [0.29, 0.717) is 6.04 Å². The van der Waals surface area contributed by atoms with Crippen LogP contribution in [0.1, 0.15) is 18.1 Å². The van der Waals surface area contributed by atoms with Crippen LogP contribution in [-0.4, -0.2) is 44.3 Å². The first kappa shape index (κ1) is 13.5. The Hall–Kier alpha value is -0.900. The van der Waals surface area contributed by atoms with Crippen molar-refractivity contribution in [2.24, 2.45) is 0 Å². The molecule has 0 fully saturated rings. The first-order valence-corrected chi connectivity index (χ1v) is 6.72. The molecule has 1 aromatic rings. The third-order valence-corrected chi connectivity index (χ3v) is 3.80. The van der Waals surface area contributed by atoms with Gasteiger partial charge in [-0.2, -0.15) is 0 Å². The molecular weight excluding hydrogens is 224 g/mol. The molecule has 2 rings (SSSR count). The average Bonchev–Trinajstić information content (AvgIpc) is 2.39. The van der Waals surface area contributed by atoms with Crippen molar-refractivity contribution in [3.8, 4) is 0 Å². The summed E-state index contributed by atoms with van der Waals surface area (Å²) >= 11 is 0. The molecule has 1 aliphatic rings. The molecule has 3 nitrogen and oxygen atoms in total. The molecule has 2 unspecified atom stereocenters. The molecule has 0 amide bonds. The number of hydrogen-bond donors (Lipinski definition) is 1. The second-order valence-electron chi connectivity index (χ2n) is 5.16. The summed E-state index contributed by atoms with van der Waals surface area (Å²) in [5.41, 5.74) is 2.97. The maximum absolute atomic E-state index is 5.41. The number of hydrogen-bond acceptors (Lipinski definition) is 3. The van der Waals surface area contributed by atoms with Gasteiger partial charge in [-0.15, -0.1) is 0 Å². The van der Waals surface area contributed by atoms with Gasteiger partial charge >= 0.3 is 0 Å². The Kier molecular flexibility index (Phi) is 4.75. The van der Waals surface area contributed by atoms with Gasteiger partial charge < -0.3 is 10.1 Å². The van der Waals surface area contributed by atoms with E-state index in [1.165, 1.54) is 11.1 Å². The fraction of sp³-hybridized carbons (Fsp3) is 0.600. The van der Waals surface area contributed by atoms with E-state index in [1.54, 1.807) is 7.11 Å².